The van der Waals surface area contributed by atoms with Crippen LogP contribution in [0.1, 0.15) is 17.7 Å². The fourth-order valence-electron chi connectivity index (χ4n) is 3.65. The number of halogens is 1. The van der Waals surface area contributed by atoms with E-state index in [9.17, 15) is 0 Å². The van der Waals surface area contributed by atoms with Gasteiger partial charge < -0.3 is 24.3 Å². The molecule has 1 aromatic heterocycles. The van der Waals surface area contributed by atoms with Crippen molar-refractivity contribution < 1.29 is 9.15 Å². The van der Waals surface area contributed by atoms with Gasteiger partial charge in [0.2, 0.25) is 0 Å². The van der Waals surface area contributed by atoms with E-state index >= 15 is 0 Å². The number of anilines is 1. The number of morpholine rings is 1. The van der Waals surface area contributed by atoms with Crippen LogP contribution in [0.4, 0.5) is 5.69 Å². The summed E-state index contributed by atoms with van der Waals surface area (Å²) in [6.45, 7) is 7.22. The minimum atomic E-state index is 0. The average Bonchev–Trinajstić information content (AvgIpc) is 3.30. The summed E-state index contributed by atoms with van der Waals surface area (Å²) in [7, 11) is 6.24. The number of benzene rings is 1. The van der Waals surface area contributed by atoms with E-state index in [1.807, 2.05) is 12.1 Å². The van der Waals surface area contributed by atoms with Gasteiger partial charge in [-0.1, -0.05) is 12.1 Å². The lowest BCUT2D eigenvalue weighted by molar-refractivity contribution is 0.0377. The van der Waals surface area contributed by atoms with Crippen molar-refractivity contribution in [2.75, 3.05) is 72.0 Å². The highest BCUT2D eigenvalue weighted by molar-refractivity contribution is 14.0. The van der Waals surface area contributed by atoms with Crippen LogP contribution in [0.5, 0.6) is 0 Å². The van der Waals surface area contributed by atoms with Crippen LogP contribution in [0.3, 0.4) is 0 Å². The van der Waals surface area contributed by atoms with Gasteiger partial charge >= 0.3 is 0 Å². The highest BCUT2D eigenvalue weighted by Gasteiger charge is 2.11. The van der Waals surface area contributed by atoms with E-state index in [2.05, 4.69) is 65.4 Å². The van der Waals surface area contributed by atoms with Crippen LogP contribution in [-0.4, -0.2) is 82.8 Å². The number of aliphatic imine (C=N–C) groups is 1. The third-order valence-corrected chi connectivity index (χ3v) is 5.44. The number of guanidine groups is 1. The van der Waals surface area contributed by atoms with Gasteiger partial charge in [-0.05, 0) is 36.2 Å². The lowest BCUT2D eigenvalue weighted by Crippen LogP contribution is -2.40. The van der Waals surface area contributed by atoms with E-state index in [-0.39, 0.29) is 24.0 Å². The smallest absolute Gasteiger partial charge is 0.193 e. The van der Waals surface area contributed by atoms with Crippen molar-refractivity contribution >= 4 is 35.6 Å². The lowest BCUT2D eigenvalue weighted by Gasteiger charge is -2.26. The van der Waals surface area contributed by atoms with Gasteiger partial charge in [-0.25, -0.2) is 0 Å². The Bertz CT molecular complexity index is 791. The summed E-state index contributed by atoms with van der Waals surface area (Å²) in [5.74, 6) is 1.92. The summed E-state index contributed by atoms with van der Waals surface area (Å²) in [5, 5.41) is 3.53. The molecule has 0 saturated carbocycles. The van der Waals surface area contributed by atoms with Gasteiger partial charge in [0.15, 0.2) is 5.96 Å². The van der Waals surface area contributed by atoms with Crippen LogP contribution in [0.15, 0.2) is 52.1 Å². The third kappa shape index (κ3) is 8.99. The first kappa shape index (κ1) is 26.5. The number of hydrogen-bond donors (Lipinski definition) is 1. The Balaban J connectivity index is 0.00000363. The maximum Gasteiger partial charge on any atom is 0.193 e. The quantitative estimate of drug-likeness (QED) is 0.210. The molecule has 2 aromatic rings. The molecule has 8 heteroatoms. The molecule has 178 valence electrons. The molecule has 1 saturated heterocycles. The van der Waals surface area contributed by atoms with Gasteiger partial charge in [0.1, 0.15) is 5.76 Å². The van der Waals surface area contributed by atoms with E-state index < -0.39 is 0 Å². The molecule has 0 bridgehead atoms. The minimum absolute atomic E-state index is 0. The van der Waals surface area contributed by atoms with Crippen LogP contribution in [0.25, 0.3) is 0 Å². The van der Waals surface area contributed by atoms with E-state index in [0.717, 1.165) is 77.0 Å². The van der Waals surface area contributed by atoms with Gasteiger partial charge in [-0.3, -0.25) is 9.89 Å². The number of furan rings is 1. The second kappa shape index (κ2) is 14.4. The molecule has 7 nitrogen and oxygen atoms in total. The zero-order chi connectivity index (χ0) is 21.9. The van der Waals surface area contributed by atoms with Crippen molar-refractivity contribution in [3.05, 3.63) is 54.0 Å². The second-order valence-electron chi connectivity index (χ2n) is 8.19. The average molecular weight is 556 g/mol. The second-order valence-corrected chi connectivity index (χ2v) is 8.19. The summed E-state index contributed by atoms with van der Waals surface area (Å²) in [6, 6.07) is 12.6. The normalized spacial score (nSPS) is 14.7. The molecule has 2 heterocycles. The Kier molecular flexibility index (Phi) is 11.9. The molecule has 1 aliphatic rings. The molecule has 0 aliphatic carbocycles. The molecular formula is C24H38IN5O2. The zero-order valence-electron chi connectivity index (χ0n) is 19.6. The molecule has 0 atom stereocenters. The molecular weight excluding hydrogens is 517 g/mol. The first-order chi connectivity index (χ1) is 15.1. The molecule has 0 amide bonds. The first-order valence-electron chi connectivity index (χ1n) is 11.2. The molecule has 1 aliphatic heterocycles. The number of nitrogens with one attached hydrogen (secondary N) is 1. The van der Waals surface area contributed by atoms with Crippen molar-refractivity contribution in [1.29, 1.82) is 0 Å². The molecule has 1 aromatic carbocycles. The predicted molar refractivity (Wildman–Crippen MR) is 142 cm³/mol. The first-order valence-corrected chi connectivity index (χ1v) is 11.2. The Morgan fingerprint density at radius 2 is 1.94 bits per heavy atom. The summed E-state index contributed by atoms with van der Waals surface area (Å²) in [5.41, 5.74) is 2.48. The molecule has 0 radical (unpaired) electrons. The topological polar surface area (TPSA) is 56.5 Å². The monoisotopic (exact) mass is 555 g/mol. The highest BCUT2D eigenvalue weighted by Crippen LogP contribution is 2.14. The SMILES string of the molecule is CN(Cc1cccc(N(C)C)c1)C(=NCCCN1CCOCC1)NCCc1ccco1.I. The highest BCUT2D eigenvalue weighted by atomic mass is 127. The minimum Gasteiger partial charge on any atom is -0.469 e. The van der Waals surface area contributed by atoms with E-state index in [1.54, 1.807) is 6.26 Å². The molecule has 0 spiro atoms. The van der Waals surface area contributed by atoms with E-state index in [4.69, 9.17) is 14.1 Å². The molecule has 3 rings (SSSR count). The van der Waals surface area contributed by atoms with Gasteiger partial charge in [0.25, 0.3) is 0 Å². The Labute approximate surface area is 209 Å². The van der Waals surface area contributed by atoms with Crippen molar-refractivity contribution in [3.63, 3.8) is 0 Å². The summed E-state index contributed by atoms with van der Waals surface area (Å²) < 4.78 is 10.9. The Hall–Kier alpha value is -1.78. The van der Waals surface area contributed by atoms with Gasteiger partial charge in [0, 0.05) is 72.5 Å². The Morgan fingerprint density at radius 1 is 1.12 bits per heavy atom. The van der Waals surface area contributed by atoms with Gasteiger partial charge in [0.05, 0.1) is 19.5 Å². The molecule has 1 N–H and O–H groups in total. The van der Waals surface area contributed by atoms with Crippen molar-refractivity contribution in [2.24, 2.45) is 4.99 Å². The van der Waals surface area contributed by atoms with E-state index in [1.165, 1.54) is 11.3 Å². The summed E-state index contributed by atoms with van der Waals surface area (Å²) in [6.07, 6.45) is 3.61. The van der Waals surface area contributed by atoms with Gasteiger partial charge in [-0.15, -0.1) is 24.0 Å². The van der Waals surface area contributed by atoms with Gasteiger partial charge in [-0.2, -0.15) is 0 Å². The summed E-state index contributed by atoms with van der Waals surface area (Å²) in [4.78, 5) is 11.7. The fourth-order valence-corrected chi connectivity index (χ4v) is 3.65. The van der Waals surface area contributed by atoms with Crippen molar-refractivity contribution in [1.82, 2.24) is 15.1 Å². The number of hydrogen-bond acceptors (Lipinski definition) is 5. The summed E-state index contributed by atoms with van der Waals surface area (Å²) >= 11 is 0. The van der Waals surface area contributed by atoms with Crippen LogP contribution in [0, 0.1) is 0 Å². The fraction of sp³-hybridized carbons (Fsp3) is 0.542. The predicted octanol–water partition coefficient (Wildman–Crippen LogP) is 3.31. The number of nitrogens with zero attached hydrogens (tertiary/aromatic N) is 4. The van der Waals surface area contributed by atoms with Crippen LogP contribution in [0.2, 0.25) is 0 Å². The molecule has 0 unspecified atom stereocenters. The largest absolute Gasteiger partial charge is 0.469 e. The molecule has 32 heavy (non-hydrogen) atoms. The standard InChI is InChI=1S/C24H37N5O2.HI/c1-27(2)22-8-4-7-21(19-22)20-28(3)24(26-12-10-23-9-5-16-31-23)25-11-6-13-29-14-17-30-18-15-29;/h4-5,7-9,16,19H,6,10-15,17-18,20H2,1-3H3,(H,25,26);1H. The van der Waals surface area contributed by atoms with Crippen molar-refractivity contribution in [3.8, 4) is 0 Å². The lowest BCUT2D eigenvalue weighted by atomic mass is 10.2. The van der Waals surface area contributed by atoms with Crippen LogP contribution >= 0.6 is 24.0 Å². The number of rotatable bonds is 10. The maximum absolute atomic E-state index is 5.46. The molecule has 1 fully saturated rings. The van der Waals surface area contributed by atoms with Crippen molar-refractivity contribution in [2.45, 2.75) is 19.4 Å². The van der Waals surface area contributed by atoms with Crippen LogP contribution in [-0.2, 0) is 17.7 Å². The maximum atomic E-state index is 5.46. The number of ether oxygens (including phenoxy) is 1. The Morgan fingerprint density at radius 3 is 2.66 bits per heavy atom. The third-order valence-electron chi connectivity index (χ3n) is 5.44. The van der Waals surface area contributed by atoms with E-state index in [0.29, 0.717) is 0 Å². The van der Waals surface area contributed by atoms with Crippen LogP contribution < -0.4 is 10.2 Å². The zero-order valence-corrected chi connectivity index (χ0v) is 22.0.